The number of anilines is 1. The van der Waals surface area contributed by atoms with Crippen LogP contribution >= 0.6 is 22.9 Å². The van der Waals surface area contributed by atoms with Crippen molar-refractivity contribution in [1.82, 2.24) is 14.8 Å². The minimum Gasteiger partial charge on any atom is -0.484 e. The molecule has 0 aliphatic heterocycles. The number of hydrogen-bond donors (Lipinski definition) is 1. The van der Waals surface area contributed by atoms with Crippen LogP contribution in [0.5, 0.6) is 5.75 Å². The Kier molecular flexibility index (Phi) is 5.81. The Balaban J connectivity index is 1.29. The Hall–Kier alpha value is -3.68. The molecule has 0 radical (unpaired) electrons. The van der Waals surface area contributed by atoms with E-state index in [1.165, 1.54) is 11.3 Å². The van der Waals surface area contributed by atoms with Crippen molar-refractivity contribution in [2.75, 3.05) is 11.9 Å². The van der Waals surface area contributed by atoms with E-state index in [1.54, 1.807) is 10.7 Å². The number of aromatic nitrogens is 3. The van der Waals surface area contributed by atoms with Gasteiger partial charge in [0.1, 0.15) is 11.6 Å². The second-order valence-electron chi connectivity index (χ2n) is 7.45. The molecule has 1 amide bonds. The zero-order valence-electron chi connectivity index (χ0n) is 17.7. The second kappa shape index (κ2) is 9.05. The summed E-state index contributed by atoms with van der Waals surface area (Å²) in [4.78, 5) is 17.3. The fourth-order valence-electron chi connectivity index (χ4n) is 3.43. The summed E-state index contributed by atoms with van der Waals surface area (Å²) >= 11 is 7.42. The number of halogens is 1. The van der Waals surface area contributed by atoms with Crippen LogP contribution in [0, 0.1) is 6.92 Å². The van der Waals surface area contributed by atoms with Crippen molar-refractivity contribution in [3.05, 3.63) is 88.9 Å². The van der Waals surface area contributed by atoms with Gasteiger partial charge in [-0.2, -0.15) is 9.78 Å². The van der Waals surface area contributed by atoms with Gasteiger partial charge in [-0.05, 0) is 42.0 Å². The SMILES string of the molecule is Cc1cc(NC(=O)COc2ccc3ccccc3c2)n(-c2nc(-c3ccc(Cl)cc3)cs2)n1. The first kappa shape index (κ1) is 21.2. The number of nitrogens with zero attached hydrogens (tertiary/aromatic N) is 3. The van der Waals surface area contributed by atoms with E-state index in [4.69, 9.17) is 16.3 Å². The molecular formula is C25H19ClN4O2S. The minimum atomic E-state index is -0.279. The van der Waals surface area contributed by atoms with Gasteiger partial charge in [0.05, 0.1) is 11.4 Å². The Morgan fingerprint density at radius 3 is 2.67 bits per heavy atom. The maximum Gasteiger partial charge on any atom is 0.263 e. The summed E-state index contributed by atoms with van der Waals surface area (Å²) in [7, 11) is 0. The Bertz CT molecular complexity index is 1440. The van der Waals surface area contributed by atoms with Gasteiger partial charge in [0.15, 0.2) is 6.61 Å². The number of carbonyl (C=O) groups is 1. The molecule has 164 valence electrons. The van der Waals surface area contributed by atoms with E-state index in [1.807, 2.05) is 79.0 Å². The number of nitrogens with one attached hydrogen (secondary N) is 1. The normalized spacial score (nSPS) is 11.0. The van der Waals surface area contributed by atoms with Crippen LogP contribution in [-0.2, 0) is 4.79 Å². The van der Waals surface area contributed by atoms with Crippen molar-refractivity contribution in [2.45, 2.75) is 6.92 Å². The summed E-state index contributed by atoms with van der Waals surface area (Å²) in [5.41, 5.74) is 2.54. The van der Waals surface area contributed by atoms with Crippen LogP contribution in [0.25, 0.3) is 27.2 Å². The highest BCUT2D eigenvalue weighted by atomic mass is 35.5. The third-order valence-corrected chi connectivity index (χ3v) is 6.07. The van der Waals surface area contributed by atoms with Gasteiger partial charge in [-0.3, -0.25) is 4.79 Å². The highest BCUT2D eigenvalue weighted by Gasteiger charge is 2.15. The van der Waals surface area contributed by atoms with Gasteiger partial charge < -0.3 is 10.1 Å². The standard InChI is InChI=1S/C25H19ClN4O2S/c1-16-12-23(28-24(31)14-32-21-11-8-17-4-2-3-5-19(17)13-21)30(29-16)25-27-22(15-33-25)18-6-9-20(26)10-7-18/h2-13,15H,14H2,1H3,(H,28,31). The zero-order valence-corrected chi connectivity index (χ0v) is 19.2. The smallest absolute Gasteiger partial charge is 0.263 e. The van der Waals surface area contributed by atoms with Crippen molar-refractivity contribution in [3.63, 3.8) is 0 Å². The lowest BCUT2D eigenvalue weighted by Gasteiger charge is -2.09. The summed E-state index contributed by atoms with van der Waals surface area (Å²) in [6, 6.07) is 23.1. The van der Waals surface area contributed by atoms with E-state index in [0.717, 1.165) is 27.7 Å². The number of thiazole rings is 1. The third kappa shape index (κ3) is 4.74. The van der Waals surface area contributed by atoms with Gasteiger partial charge in [-0.25, -0.2) is 4.98 Å². The van der Waals surface area contributed by atoms with Crippen molar-refractivity contribution in [1.29, 1.82) is 0 Å². The number of amides is 1. The van der Waals surface area contributed by atoms with Crippen LogP contribution in [0.1, 0.15) is 5.69 Å². The molecule has 2 heterocycles. The summed E-state index contributed by atoms with van der Waals surface area (Å²) in [6.07, 6.45) is 0. The highest BCUT2D eigenvalue weighted by molar-refractivity contribution is 7.12. The van der Waals surface area contributed by atoms with E-state index >= 15 is 0 Å². The lowest BCUT2D eigenvalue weighted by atomic mass is 10.1. The van der Waals surface area contributed by atoms with Gasteiger partial charge in [-0.1, -0.05) is 54.1 Å². The number of ether oxygens (including phenoxy) is 1. The lowest BCUT2D eigenvalue weighted by Crippen LogP contribution is -2.21. The molecule has 0 saturated carbocycles. The molecule has 5 rings (SSSR count). The third-order valence-electron chi connectivity index (χ3n) is 5.00. The largest absolute Gasteiger partial charge is 0.484 e. The van der Waals surface area contributed by atoms with Gasteiger partial charge in [0.25, 0.3) is 5.91 Å². The van der Waals surface area contributed by atoms with Crippen LogP contribution in [0.3, 0.4) is 0 Å². The number of rotatable bonds is 6. The van der Waals surface area contributed by atoms with E-state index in [0.29, 0.717) is 21.7 Å². The predicted molar refractivity (Wildman–Crippen MR) is 132 cm³/mol. The number of aryl methyl sites for hydroxylation is 1. The maximum absolute atomic E-state index is 12.6. The van der Waals surface area contributed by atoms with Gasteiger partial charge in [-0.15, -0.1) is 11.3 Å². The summed E-state index contributed by atoms with van der Waals surface area (Å²) in [5, 5.41) is 12.8. The first-order valence-corrected chi connectivity index (χ1v) is 11.5. The molecule has 0 spiro atoms. The van der Waals surface area contributed by atoms with Crippen LogP contribution in [-0.4, -0.2) is 27.3 Å². The second-order valence-corrected chi connectivity index (χ2v) is 8.72. The molecule has 2 aromatic heterocycles. The molecule has 0 aliphatic rings. The van der Waals surface area contributed by atoms with E-state index < -0.39 is 0 Å². The Morgan fingerprint density at radius 1 is 1.06 bits per heavy atom. The molecule has 0 unspecified atom stereocenters. The molecule has 3 aromatic carbocycles. The van der Waals surface area contributed by atoms with Crippen LogP contribution < -0.4 is 10.1 Å². The molecular weight excluding hydrogens is 456 g/mol. The number of hydrogen-bond acceptors (Lipinski definition) is 5. The van der Waals surface area contributed by atoms with Gasteiger partial charge in [0.2, 0.25) is 5.13 Å². The summed E-state index contributed by atoms with van der Waals surface area (Å²) in [5.74, 6) is 0.900. The molecule has 1 N–H and O–H groups in total. The number of fused-ring (bicyclic) bond motifs is 1. The lowest BCUT2D eigenvalue weighted by molar-refractivity contribution is -0.118. The predicted octanol–water partition coefficient (Wildman–Crippen LogP) is 6.13. The van der Waals surface area contributed by atoms with Crippen molar-refractivity contribution >= 4 is 45.4 Å². The quantitative estimate of drug-likeness (QED) is 0.321. The number of benzene rings is 3. The van der Waals surface area contributed by atoms with E-state index in [9.17, 15) is 4.79 Å². The average Bonchev–Trinajstić information content (AvgIpc) is 3.44. The highest BCUT2D eigenvalue weighted by Crippen LogP contribution is 2.27. The average molecular weight is 475 g/mol. The molecule has 8 heteroatoms. The maximum atomic E-state index is 12.6. The van der Waals surface area contributed by atoms with Crippen LogP contribution in [0.4, 0.5) is 5.82 Å². The van der Waals surface area contributed by atoms with Crippen LogP contribution in [0.15, 0.2) is 78.2 Å². The van der Waals surface area contributed by atoms with E-state index in [2.05, 4.69) is 15.4 Å². The molecule has 0 fully saturated rings. The summed E-state index contributed by atoms with van der Waals surface area (Å²) in [6.45, 7) is 1.75. The Labute approximate surface area is 199 Å². The van der Waals surface area contributed by atoms with Crippen molar-refractivity contribution < 1.29 is 9.53 Å². The van der Waals surface area contributed by atoms with Gasteiger partial charge >= 0.3 is 0 Å². The van der Waals surface area contributed by atoms with Crippen molar-refractivity contribution in [3.8, 4) is 22.1 Å². The molecule has 0 bridgehead atoms. The van der Waals surface area contributed by atoms with Crippen LogP contribution in [0.2, 0.25) is 5.02 Å². The summed E-state index contributed by atoms with van der Waals surface area (Å²) < 4.78 is 7.34. The first-order chi connectivity index (χ1) is 16.0. The fraction of sp³-hybridized carbons (Fsp3) is 0.0800. The molecule has 0 aliphatic carbocycles. The number of carbonyl (C=O) groups excluding carboxylic acids is 1. The molecule has 5 aromatic rings. The molecule has 0 atom stereocenters. The minimum absolute atomic E-state index is 0.115. The topological polar surface area (TPSA) is 69.0 Å². The molecule has 0 saturated heterocycles. The van der Waals surface area contributed by atoms with Gasteiger partial charge in [0, 0.05) is 22.0 Å². The monoisotopic (exact) mass is 474 g/mol. The Morgan fingerprint density at radius 2 is 1.85 bits per heavy atom. The first-order valence-electron chi connectivity index (χ1n) is 10.3. The zero-order chi connectivity index (χ0) is 22.8. The molecule has 6 nitrogen and oxygen atoms in total. The fourth-order valence-corrected chi connectivity index (χ4v) is 4.36. The molecule has 33 heavy (non-hydrogen) atoms. The van der Waals surface area contributed by atoms with Crippen molar-refractivity contribution in [2.24, 2.45) is 0 Å². The van der Waals surface area contributed by atoms with E-state index in [-0.39, 0.29) is 12.5 Å².